The molecule has 0 bridgehead atoms. The highest BCUT2D eigenvalue weighted by molar-refractivity contribution is 7.80. The van der Waals surface area contributed by atoms with Gasteiger partial charge in [0.25, 0.3) is 5.91 Å². The molecule has 138 valence electrons. The van der Waals surface area contributed by atoms with Crippen molar-refractivity contribution < 1.29 is 9.53 Å². The van der Waals surface area contributed by atoms with Gasteiger partial charge in [0.1, 0.15) is 5.75 Å². The summed E-state index contributed by atoms with van der Waals surface area (Å²) in [6, 6.07) is 15.1. The van der Waals surface area contributed by atoms with E-state index in [0.717, 1.165) is 17.9 Å². The van der Waals surface area contributed by atoms with Gasteiger partial charge in [-0.3, -0.25) is 10.1 Å². The Hall–Kier alpha value is -2.40. The van der Waals surface area contributed by atoms with Crippen molar-refractivity contribution in [3.8, 4) is 5.75 Å². The molecule has 2 N–H and O–H groups in total. The third-order valence-electron chi connectivity index (χ3n) is 4.07. The van der Waals surface area contributed by atoms with Crippen LogP contribution in [0.15, 0.2) is 48.5 Å². The maximum atomic E-state index is 12.3. The van der Waals surface area contributed by atoms with Gasteiger partial charge >= 0.3 is 0 Å². The van der Waals surface area contributed by atoms with Crippen LogP contribution in [0.4, 0.5) is 5.69 Å². The number of rotatable bonds is 6. The molecule has 0 aliphatic heterocycles. The van der Waals surface area contributed by atoms with E-state index < -0.39 is 0 Å². The Bertz CT molecular complexity index is 740. The van der Waals surface area contributed by atoms with E-state index >= 15 is 0 Å². The van der Waals surface area contributed by atoms with Crippen molar-refractivity contribution in [3.05, 3.63) is 59.7 Å². The lowest BCUT2D eigenvalue weighted by molar-refractivity contribution is 0.0977. The zero-order chi connectivity index (χ0) is 19.1. The smallest absolute Gasteiger partial charge is 0.257 e. The Balaban J connectivity index is 1.91. The molecule has 4 nitrogen and oxygen atoms in total. The molecule has 2 rings (SSSR count). The molecule has 2 aromatic rings. The molecular weight excluding hydrogens is 344 g/mol. The van der Waals surface area contributed by atoms with E-state index in [1.165, 1.54) is 5.56 Å². The summed E-state index contributed by atoms with van der Waals surface area (Å²) in [4.78, 5) is 12.3. The number of anilines is 1. The predicted molar refractivity (Wildman–Crippen MR) is 111 cm³/mol. The van der Waals surface area contributed by atoms with Crippen LogP contribution < -0.4 is 15.4 Å². The minimum atomic E-state index is -0.255. The maximum absolute atomic E-state index is 12.3. The van der Waals surface area contributed by atoms with Gasteiger partial charge in [0.2, 0.25) is 0 Å². The van der Waals surface area contributed by atoms with Crippen molar-refractivity contribution in [2.24, 2.45) is 0 Å². The van der Waals surface area contributed by atoms with E-state index in [4.69, 9.17) is 17.0 Å². The monoisotopic (exact) mass is 370 g/mol. The molecule has 5 heteroatoms. The highest BCUT2D eigenvalue weighted by Gasteiger charge is 2.09. The molecule has 1 amide bonds. The number of hydrogen-bond acceptors (Lipinski definition) is 3. The number of carbonyl (C=O) groups is 1. The van der Waals surface area contributed by atoms with Crippen LogP contribution in [0.5, 0.6) is 5.75 Å². The van der Waals surface area contributed by atoms with Gasteiger partial charge in [-0.15, -0.1) is 0 Å². The van der Waals surface area contributed by atoms with Crippen molar-refractivity contribution in [2.75, 3.05) is 5.32 Å². The summed E-state index contributed by atoms with van der Waals surface area (Å²) in [7, 11) is 0. The summed E-state index contributed by atoms with van der Waals surface area (Å²) in [5.41, 5.74) is 2.66. The topological polar surface area (TPSA) is 50.4 Å². The molecule has 1 unspecified atom stereocenters. The quantitative estimate of drug-likeness (QED) is 0.694. The molecule has 0 heterocycles. The second kappa shape index (κ2) is 9.34. The van der Waals surface area contributed by atoms with E-state index in [0.29, 0.717) is 11.5 Å². The van der Waals surface area contributed by atoms with Gasteiger partial charge in [-0.2, -0.15) is 0 Å². The molecule has 0 aromatic heterocycles. The fourth-order valence-electron chi connectivity index (χ4n) is 2.43. The molecule has 0 spiro atoms. The molecule has 0 aliphatic rings. The van der Waals surface area contributed by atoms with Crippen LogP contribution >= 0.6 is 12.2 Å². The summed E-state index contributed by atoms with van der Waals surface area (Å²) in [5.74, 6) is 1.01. The number of benzene rings is 2. The van der Waals surface area contributed by atoms with Gasteiger partial charge in [0, 0.05) is 11.3 Å². The summed E-state index contributed by atoms with van der Waals surface area (Å²) in [5, 5.41) is 6.01. The van der Waals surface area contributed by atoms with E-state index in [-0.39, 0.29) is 17.1 Å². The summed E-state index contributed by atoms with van der Waals surface area (Å²) in [6.07, 6.45) is 1.19. The molecular formula is C21H26N2O2S. The molecule has 0 saturated heterocycles. The van der Waals surface area contributed by atoms with E-state index in [9.17, 15) is 4.79 Å². The van der Waals surface area contributed by atoms with Crippen molar-refractivity contribution in [1.82, 2.24) is 5.32 Å². The molecule has 1 atom stereocenters. The van der Waals surface area contributed by atoms with Gasteiger partial charge in [-0.25, -0.2) is 0 Å². The third kappa shape index (κ3) is 5.85. The lowest BCUT2D eigenvalue weighted by Crippen LogP contribution is -2.34. The van der Waals surface area contributed by atoms with Crippen molar-refractivity contribution in [3.63, 3.8) is 0 Å². The van der Waals surface area contributed by atoms with Gasteiger partial charge in [0.05, 0.1) is 6.10 Å². The van der Waals surface area contributed by atoms with Crippen LogP contribution in [0.2, 0.25) is 0 Å². The van der Waals surface area contributed by atoms with Gasteiger partial charge < -0.3 is 10.1 Å². The standard InChI is InChI=1S/C21H26N2O2S/c1-5-15(4)16-6-10-18(11-7-16)22-21(26)23-20(24)17-8-12-19(13-9-17)25-14(2)3/h6-15H,5H2,1-4H3,(H2,22,23,24,26). The lowest BCUT2D eigenvalue weighted by atomic mass is 9.99. The van der Waals surface area contributed by atoms with Gasteiger partial charge in [-0.05, 0) is 80.4 Å². The maximum Gasteiger partial charge on any atom is 0.257 e. The average molecular weight is 371 g/mol. The first-order valence-electron chi connectivity index (χ1n) is 8.88. The molecule has 0 fully saturated rings. The molecule has 26 heavy (non-hydrogen) atoms. The second-order valence-corrected chi connectivity index (χ2v) is 6.94. The van der Waals surface area contributed by atoms with Crippen molar-refractivity contribution >= 4 is 28.9 Å². The van der Waals surface area contributed by atoms with Crippen molar-refractivity contribution in [1.29, 1.82) is 0 Å². The Labute approximate surface area is 161 Å². The van der Waals surface area contributed by atoms with E-state index in [2.05, 4.69) is 36.6 Å². The number of thiocarbonyl (C=S) groups is 1. The van der Waals surface area contributed by atoms with Crippen LogP contribution in [0.1, 0.15) is 56.0 Å². The average Bonchev–Trinajstić information content (AvgIpc) is 2.61. The molecule has 0 radical (unpaired) electrons. The third-order valence-corrected chi connectivity index (χ3v) is 4.27. The Morgan fingerprint density at radius 1 is 1.04 bits per heavy atom. The molecule has 0 aliphatic carbocycles. The fraction of sp³-hybridized carbons (Fsp3) is 0.333. The minimum absolute atomic E-state index is 0.0955. The Morgan fingerprint density at radius 3 is 2.19 bits per heavy atom. The number of hydrogen-bond donors (Lipinski definition) is 2. The van der Waals surface area contributed by atoms with E-state index in [1.54, 1.807) is 24.3 Å². The van der Waals surface area contributed by atoms with Crippen LogP contribution in [-0.2, 0) is 0 Å². The molecule has 2 aromatic carbocycles. The second-order valence-electron chi connectivity index (χ2n) is 6.53. The number of amides is 1. The van der Waals surface area contributed by atoms with Crippen LogP contribution in [-0.4, -0.2) is 17.1 Å². The van der Waals surface area contributed by atoms with E-state index in [1.807, 2.05) is 26.0 Å². The Morgan fingerprint density at radius 2 is 1.65 bits per heavy atom. The first kappa shape index (κ1) is 19.9. The van der Waals surface area contributed by atoms with Crippen LogP contribution in [0.25, 0.3) is 0 Å². The SMILES string of the molecule is CCC(C)c1ccc(NC(=S)NC(=O)c2ccc(OC(C)C)cc2)cc1. The van der Waals surface area contributed by atoms with Crippen LogP contribution in [0, 0.1) is 0 Å². The first-order valence-corrected chi connectivity index (χ1v) is 9.29. The number of ether oxygens (including phenoxy) is 1. The summed E-state index contributed by atoms with van der Waals surface area (Å²) in [6.45, 7) is 8.29. The minimum Gasteiger partial charge on any atom is -0.491 e. The largest absolute Gasteiger partial charge is 0.491 e. The van der Waals surface area contributed by atoms with Gasteiger partial charge in [-0.1, -0.05) is 26.0 Å². The highest BCUT2D eigenvalue weighted by Crippen LogP contribution is 2.20. The normalized spacial score (nSPS) is 11.7. The summed E-state index contributed by atoms with van der Waals surface area (Å²) >= 11 is 5.23. The summed E-state index contributed by atoms with van der Waals surface area (Å²) < 4.78 is 5.57. The van der Waals surface area contributed by atoms with Crippen LogP contribution in [0.3, 0.4) is 0 Å². The van der Waals surface area contributed by atoms with Gasteiger partial charge in [0.15, 0.2) is 5.11 Å². The Kier molecular flexibility index (Phi) is 7.16. The predicted octanol–water partition coefficient (Wildman–Crippen LogP) is 5.11. The first-order chi connectivity index (χ1) is 12.4. The number of nitrogens with one attached hydrogen (secondary N) is 2. The molecule has 0 saturated carbocycles. The highest BCUT2D eigenvalue weighted by atomic mass is 32.1. The zero-order valence-corrected chi connectivity index (χ0v) is 16.5. The van der Waals surface area contributed by atoms with Crippen molar-refractivity contribution in [2.45, 2.75) is 46.1 Å². The fourth-order valence-corrected chi connectivity index (χ4v) is 2.64. The zero-order valence-electron chi connectivity index (χ0n) is 15.7. The lowest BCUT2D eigenvalue weighted by Gasteiger charge is -2.13. The number of carbonyl (C=O) groups excluding carboxylic acids is 1.